The first-order valence-corrected chi connectivity index (χ1v) is 6.39. The minimum Gasteiger partial charge on any atom is -0.384 e. The quantitative estimate of drug-likeness (QED) is 0.804. The van der Waals surface area contributed by atoms with Crippen LogP contribution in [0.2, 0.25) is 0 Å². The summed E-state index contributed by atoms with van der Waals surface area (Å²) in [5, 5.41) is 11.6. The molecule has 0 aliphatic heterocycles. The van der Waals surface area contributed by atoms with Crippen LogP contribution in [0.25, 0.3) is 0 Å². The van der Waals surface area contributed by atoms with Crippen LogP contribution >= 0.6 is 0 Å². The second-order valence-corrected chi connectivity index (χ2v) is 4.74. The van der Waals surface area contributed by atoms with Crippen LogP contribution in [0.5, 0.6) is 0 Å². The molecule has 0 bridgehead atoms. The van der Waals surface area contributed by atoms with Gasteiger partial charge in [-0.1, -0.05) is 24.0 Å². The van der Waals surface area contributed by atoms with Crippen LogP contribution < -0.4 is 5.32 Å². The van der Waals surface area contributed by atoms with E-state index in [0.717, 1.165) is 24.0 Å². The second-order valence-electron chi connectivity index (χ2n) is 4.74. The largest absolute Gasteiger partial charge is 0.384 e. The van der Waals surface area contributed by atoms with E-state index in [1.165, 1.54) is 0 Å². The molecule has 0 unspecified atom stereocenters. The number of benzene rings is 1. The Kier molecular flexibility index (Phi) is 4.43. The van der Waals surface area contributed by atoms with Crippen LogP contribution in [0.1, 0.15) is 24.0 Å². The van der Waals surface area contributed by atoms with Gasteiger partial charge in [0.1, 0.15) is 6.61 Å². The van der Waals surface area contributed by atoms with E-state index < -0.39 is 0 Å². The Morgan fingerprint density at radius 3 is 3.00 bits per heavy atom. The molecule has 19 heavy (non-hydrogen) atoms. The molecule has 1 fully saturated rings. The molecule has 1 aromatic rings. The van der Waals surface area contributed by atoms with Gasteiger partial charge in [-0.3, -0.25) is 0 Å². The highest BCUT2D eigenvalue weighted by Gasteiger charge is 2.24. The molecule has 2 amide bonds. The molecule has 1 aromatic carbocycles. The number of hydrogen-bond acceptors (Lipinski definition) is 2. The number of amides is 2. The Morgan fingerprint density at radius 1 is 1.53 bits per heavy atom. The highest BCUT2D eigenvalue weighted by Crippen LogP contribution is 2.19. The topological polar surface area (TPSA) is 52.6 Å². The first-order valence-electron chi connectivity index (χ1n) is 6.39. The Bertz CT molecular complexity index is 512. The van der Waals surface area contributed by atoms with Gasteiger partial charge in [0.25, 0.3) is 0 Å². The average Bonchev–Trinajstić information content (AvgIpc) is 3.20. The number of rotatable bonds is 3. The van der Waals surface area contributed by atoms with E-state index in [-0.39, 0.29) is 12.6 Å². The van der Waals surface area contributed by atoms with Crippen molar-refractivity contribution in [2.45, 2.75) is 25.4 Å². The zero-order valence-electron chi connectivity index (χ0n) is 11.0. The normalized spacial score (nSPS) is 13.4. The predicted octanol–water partition coefficient (Wildman–Crippen LogP) is 1.33. The van der Waals surface area contributed by atoms with Crippen LogP contribution in [0.15, 0.2) is 24.3 Å². The number of nitrogens with one attached hydrogen (secondary N) is 1. The van der Waals surface area contributed by atoms with E-state index in [2.05, 4.69) is 17.2 Å². The lowest BCUT2D eigenvalue weighted by Crippen LogP contribution is -2.37. The van der Waals surface area contributed by atoms with E-state index in [1.54, 1.807) is 11.9 Å². The standard InChI is InChI=1S/C15H18N2O2/c1-17(15(19)16-14-7-8-14)11-13-5-2-4-12(10-13)6-3-9-18/h2,4-5,10,14,18H,7-9,11H2,1H3,(H,16,19). The number of aliphatic hydroxyl groups is 1. The van der Waals surface area contributed by atoms with Crippen molar-refractivity contribution in [1.29, 1.82) is 0 Å². The van der Waals surface area contributed by atoms with Gasteiger partial charge in [0, 0.05) is 25.2 Å². The van der Waals surface area contributed by atoms with Gasteiger partial charge in [-0.15, -0.1) is 0 Å². The summed E-state index contributed by atoms with van der Waals surface area (Å²) in [6, 6.07) is 8.03. The van der Waals surface area contributed by atoms with E-state index in [9.17, 15) is 4.79 Å². The molecule has 100 valence electrons. The van der Waals surface area contributed by atoms with Crippen molar-refractivity contribution in [3.05, 3.63) is 35.4 Å². The van der Waals surface area contributed by atoms with Crippen molar-refractivity contribution in [1.82, 2.24) is 10.2 Å². The maximum absolute atomic E-state index is 11.8. The number of nitrogens with zero attached hydrogens (tertiary/aromatic N) is 1. The summed E-state index contributed by atoms with van der Waals surface area (Å²) in [6.45, 7) is 0.404. The molecule has 0 aromatic heterocycles. The zero-order chi connectivity index (χ0) is 13.7. The number of aliphatic hydroxyl groups excluding tert-OH is 1. The maximum Gasteiger partial charge on any atom is 0.317 e. The van der Waals surface area contributed by atoms with Gasteiger partial charge in [0.15, 0.2) is 0 Å². The molecule has 0 radical (unpaired) electrons. The zero-order valence-corrected chi connectivity index (χ0v) is 11.0. The molecule has 1 saturated carbocycles. The van der Waals surface area contributed by atoms with Gasteiger partial charge in [-0.2, -0.15) is 0 Å². The second kappa shape index (κ2) is 6.26. The smallest absolute Gasteiger partial charge is 0.317 e. The van der Waals surface area contributed by atoms with E-state index in [0.29, 0.717) is 12.6 Å². The van der Waals surface area contributed by atoms with Crippen LogP contribution in [-0.4, -0.2) is 35.7 Å². The van der Waals surface area contributed by atoms with Crippen LogP contribution in [-0.2, 0) is 6.54 Å². The first kappa shape index (κ1) is 13.4. The fourth-order valence-corrected chi connectivity index (χ4v) is 1.75. The fraction of sp³-hybridized carbons (Fsp3) is 0.400. The fourth-order valence-electron chi connectivity index (χ4n) is 1.75. The van der Waals surface area contributed by atoms with Gasteiger partial charge in [0.05, 0.1) is 0 Å². The first-order chi connectivity index (χ1) is 9.19. The lowest BCUT2D eigenvalue weighted by atomic mass is 10.1. The summed E-state index contributed by atoms with van der Waals surface area (Å²) in [4.78, 5) is 13.5. The van der Waals surface area contributed by atoms with Crippen molar-refractivity contribution in [3.8, 4) is 11.8 Å². The number of carbonyl (C=O) groups is 1. The molecule has 1 aliphatic rings. The highest BCUT2D eigenvalue weighted by atomic mass is 16.2. The van der Waals surface area contributed by atoms with Crippen molar-refractivity contribution in [2.75, 3.05) is 13.7 Å². The predicted molar refractivity (Wildman–Crippen MR) is 73.4 cm³/mol. The van der Waals surface area contributed by atoms with Gasteiger partial charge < -0.3 is 15.3 Å². The summed E-state index contributed by atoms with van der Waals surface area (Å²) >= 11 is 0. The number of urea groups is 1. The summed E-state index contributed by atoms with van der Waals surface area (Å²) in [5.74, 6) is 5.48. The van der Waals surface area contributed by atoms with Gasteiger partial charge in [0.2, 0.25) is 0 Å². The van der Waals surface area contributed by atoms with Crippen molar-refractivity contribution < 1.29 is 9.90 Å². The maximum atomic E-state index is 11.8. The summed E-state index contributed by atoms with van der Waals surface area (Å²) < 4.78 is 0. The molecule has 1 aliphatic carbocycles. The molecule has 4 heteroatoms. The summed E-state index contributed by atoms with van der Waals surface area (Å²) in [7, 11) is 1.78. The molecule has 0 atom stereocenters. The van der Waals surface area contributed by atoms with E-state index in [1.807, 2.05) is 24.3 Å². The van der Waals surface area contributed by atoms with Crippen molar-refractivity contribution in [3.63, 3.8) is 0 Å². The van der Waals surface area contributed by atoms with Gasteiger partial charge >= 0.3 is 6.03 Å². The van der Waals surface area contributed by atoms with Gasteiger partial charge in [-0.25, -0.2) is 4.79 Å². The highest BCUT2D eigenvalue weighted by molar-refractivity contribution is 5.74. The monoisotopic (exact) mass is 258 g/mol. The van der Waals surface area contributed by atoms with Crippen molar-refractivity contribution in [2.24, 2.45) is 0 Å². The molecule has 0 heterocycles. The molecule has 2 N–H and O–H groups in total. The van der Waals surface area contributed by atoms with Crippen LogP contribution in [0.3, 0.4) is 0 Å². The molecule has 0 saturated heterocycles. The lowest BCUT2D eigenvalue weighted by molar-refractivity contribution is 0.206. The lowest BCUT2D eigenvalue weighted by Gasteiger charge is -2.18. The molecular formula is C15H18N2O2. The summed E-state index contributed by atoms with van der Waals surface area (Å²) in [6.07, 6.45) is 2.18. The third-order valence-corrected chi connectivity index (χ3v) is 2.91. The van der Waals surface area contributed by atoms with Crippen molar-refractivity contribution >= 4 is 6.03 Å². The number of carbonyl (C=O) groups excluding carboxylic acids is 1. The molecule has 2 rings (SSSR count). The minimum absolute atomic E-state index is 0.0330. The average molecular weight is 258 g/mol. The molecule has 4 nitrogen and oxygen atoms in total. The SMILES string of the molecule is CN(Cc1cccc(C#CCO)c1)C(=O)NC1CC1. The van der Waals surface area contributed by atoms with Gasteiger partial charge in [-0.05, 0) is 30.5 Å². The Morgan fingerprint density at radius 2 is 2.32 bits per heavy atom. The third kappa shape index (κ3) is 4.31. The Hall–Kier alpha value is -1.99. The van der Waals surface area contributed by atoms with Crippen LogP contribution in [0.4, 0.5) is 4.79 Å². The van der Waals surface area contributed by atoms with Crippen LogP contribution in [0, 0.1) is 11.8 Å². The summed E-state index contributed by atoms with van der Waals surface area (Å²) in [5.41, 5.74) is 1.88. The number of hydrogen-bond donors (Lipinski definition) is 2. The Labute approximate surface area is 113 Å². The third-order valence-electron chi connectivity index (χ3n) is 2.91. The molecular weight excluding hydrogens is 240 g/mol. The minimum atomic E-state index is -0.145. The molecule has 0 spiro atoms. The van der Waals surface area contributed by atoms with E-state index >= 15 is 0 Å². The van der Waals surface area contributed by atoms with E-state index in [4.69, 9.17) is 5.11 Å². The Balaban J connectivity index is 1.95.